The van der Waals surface area contributed by atoms with Crippen molar-refractivity contribution in [3.63, 3.8) is 0 Å². The van der Waals surface area contributed by atoms with E-state index in [1.807, 2.05) is 50.2 Å². The summed E-state index contributed by atoms with van der Waals surface area (Å²) in [5, 5.41) is 0. The van der Waals surface area contributed by atoms with Crippen LogP contribution < -0.4 is 9.47 Å². The van der Waals surface area contributed by atoms with Crippen LogP contribution in [-0.2, 0) is 0 Å². The predicted octanol–water partition coefficient (Wildman–Crippen LogP) is 4.38. The van der Waals surface area contributed by atoms with E-state index in [1.165, 1.54) is 0 Å². The van der Waals surface area contributed by atoms with Gasteiger partial charge in [-0.15, -0.1) is 0 Å². The third-order valence-corrected chi connectivity index (χ3v) is 3.06. The third kappa shape index (κ3) is 3.98. The molecule has 0 N–H and O–H groups in total. The molecule has 0 spiro atoms. The molecule has 0 atom stereocenters. The summed E-state index contributed by atoms with van der Waals surface area (Å²) in [4.78, 5) is 12.1. The number of ketones is 1. The zero-order chi connectivity index (χ0) is 15.9. The highest BCUT2D eigenvalue weighted by molar-refractivity contribution is 6.06. The zero-order valence-corrected chi connectivity index (χ0v) is 13.1. The number of methoxy groups -OCH3 is 1. The monoisotopic (exact) mass is 296 g/mol. The van der Waals surface area contributed by atoms with Crippen LogP contribution in [0.25, 0.3) is 6.08 Å². The predicted molar refractivity (Wildman–Crippen MR) is 88.6 cm³/mol. The normalized spacial score (nSPS) is 10.9. The molecular formula is C19H20O3. The Kier molecular flexibility index (Phi) is 5.37. The molecule has 0 unspecified atom stereocenters. The van der Waals surface area contributed by atoms with Crippen LogP contribution in [0.3, 0.4) is 0 Å². The van der Waals surface area contributed by atoms with Crippen LogP contribution in [0.4, 0.5) is 0 Å². The molecule has 2 rings (SSSR count). The molecule has 22 heavy (non-hydrogen) atoms. The maximum atomic E-state index is 12.1. The summed E-state index contributed by atoms with van der Waals surface area (Å²) in [6.07, 6.45) is 3.33. The topological polar surface area (TPSA) is 35.5 Å². The minimum atomic E-state index is -0.0427. The third-order valence-electron chi connectivity index (χ3n) is 3.06. The first-order valence-electron chi connectivity index (χ1n) is 7.23. The van der Waals surface area contributed by atoms with Gasteiger partial charge in [-0.25, -0.2) is 0 Å². The van der Waals surface area contributed by atoms with E-state index < -0.39 is 0 Å². The SMILES string of the molecule is COc1cccc(/C=C/C(=O)c2ccccc2)c1OC(C)C. The van der Waals surface area contributed by atoms with Crippen LogP contribution >= 0.6 is 0 Å². The molecule has 114 valence electrons. The summed E-state index contributed by atoms with van der Waals surface area (Å²) in [7, 11) is 1.60. The van der Waals surface area contributed by atoms with Gasteiger partial charge < -0.3 is 9.47 Å². The first-order valence-corrected chi connectivity index (χ1v) is 7.23. The van der Waals surface area contributed by atoms with Gasteiger partial charge in [-0.3, -0.25) is 4.79 Å². The summed E-state index contributed by atoms with van der Waals surface area (Å²) in [5.41, 5.74) is 1.48. The van der Waals surface area contributed by atoms with Gasteiger partial charge in [0.25, 0.3) is 0 Å². The first-order chi connectivity index (χ1) is 10.6. The lowest BCUT2D eigenvalue weighted by Gasteiger charge is -2.15. The number of para-hydroxylation sites is 1. The Bertz CT molecular complexity index is 658. The lowest BCUT2D eigenvalue weighted by atomic mass is 10.1. The van der Waals surface area contributed by atoms with Crippen LogP contribution in [-0.4, -0.2) is 19.0 Å². The van der Waals surface area contributed by atoms with E-state index in [2.05, 4.69) is 0 Å². The van der Waals surface area contributed by atoms with Gasteiger partial charge in [-0.1, -0.05) is 42.5 Å². The van der Waals surface area contributed by atoms with Crippen molar-refractivity contribution in [2.75, 3.05) is 7.11 Å². The lowest BCUT2D eigenvalue weighted by Crippen LogP contribution is -2.08. The Balaban J connectivity index is 2.29. The molecule has 3 heteroatoms. The highest BCUT2D eigenvalue weighted by Crippen LogP contribution is 2.32. The first kappa shape index (κ1) is 15.8. The Morgan fingerprint density at radius 3 is 2.41 bits per heavy atom. The van der Waals surface area contributed by atoms with Gasteiger partial charge in [0, 0.05) is 11.1 Å². The van der Waals surface area contributed by atoms with Crippen molar-refractivity contribution in [2.24, 2.45) is 0 Å². The van der Waals surface area contributed by atoms with Gasteiger partial charge in [0.15, 0.2) is 17.3 Å². The fourth-order valence-corrected chi connectivity index (χ4v) is 2.05. The van der Waals surface area contributed by atoms with Gasteiger partial charge in [0.1, 0.15) is 0 Å². The van der Waals surface area contributed by atoms with Crippen molar-refractivity contribution in [1.29, 1.82) is 0 Å². The van der Waals surface area contributed by atoms with E-state index in [0.717, 1.165) is 5.56 Å². The number of benzene rings is 2. The van der Waals surface area contributed by atoms with E-state index in [9.17, 15) is 4.79 Å². The molecule has 3 nitrogen and oxygen atoms in total. The molecule has 0 aliphatic carbocycles. The van der Waals surface area contributed by atoms with E-state index in [4.69, 9.17) is 9.47 Å². The van der Waals surface area contributed by atoms with E-state index >= 15 is 0 Å². The second kappa shape index (κ2) is 7.46. The Labute approximate surface area is 131 Å². The van der Waals surface area contributed by atoms with Gasteiger partial charge in [-0.05, 0) is 32.1 Å². The number of ether oxygens (including phenoxy) is 2. The number of hydrogen-bond acceptors (Lipinski definition) is 3. The molecule has 0 amide bonds. The molecule has 2 aromatic rings. The minimum Gasteiger partial charge on any atom is -0.493 e. The highest BCUT2D eigenvalue weighted by Gasteiger charge is 2.10. The van der Waals surface area contributed by atoms with Crippen molar-refractivity contribution in [3.05, 3.63) is 65.7 Å². The minimum absolute atomic E-state index is 0.0216. The van der Waals surface area contributed by atoms with E-state index in [-0.39, 0.29) is 11.9 Å². The van der Waals surface area contributed by atoms with Gasteiger partial charge in [0.05, 0.1) is 13.2 Å². The summed E-state index contributed by atoms with van der Waals surface area (Å²) in [6, 6.07) is 14.8. The zero-order valence-electron chi connectivity index (χ0n) is 13.1. The maximum absolute atomic E-state index is 12.1. The summed E-state index contributed by atoms with van der Waals surface area (Å²) >= 11 is 0. The van der Waals surface area contributed by atoms with Crippen LogP contribution in [0.1, 0.15) is 29.8 Å². The average Bonchev–Trinajstić information content (AvgIpc) is 2.53. The Hall–Kier alpha value is -2.55. The fourth-order valence-electron chi connectivity index (χ4n) is 2.05. The Morgan fingerprint density at radius 1 is 1.05 bits per heavy atom. The largest absolute Gasteiger partial charge is 0.493 e. The maximum Gasteiger partial charge on any atom is 0.185 e. The molecule has 0 aliphatic heterocycles. The van der Waals surface area contributed by atoms with Gasteiger partial charge in [0.2, 0.25) is 0 Å². The van der Waals surface area contributed by atoms with E-state index in [0.29, 0.717) is 17.1 Å². The molecular weight excluding hydrogens is 276 g/mol. The summed E-state index contributed by atoms with van der Waals surface area (Å²) < 4.78 is 11.2. The van der Waals surface area contributed by atoms with Crippen molar-refractivity contribution < 1.29 is 14.3 Å². The Morgan fingerprint density at radius 2 is 1.77 bits per heavy atom. The van der Waals surface area contributed by atoms with Crippen LogP contribution in [0.5, 0.6) is 11.5 Å². The van der Waals surface area contributed by atoms with Crippen molar-refractivity contribution >= 4 is 11.9 Å². The van der Waals surface area contributed by atoms with Crippen LogP contribution in [0, 0.1) is 0 Å². The standard InChI is InChI=1S/C19H20O3/c1-14(2)22-19-16(10-7-11-18(19)21-3)12-13-17(20)15-8-5-4-6-9-15/h4-14H,1-3H3/b13-12+. The number of carbonyl (C=O) groups excluding carboxylic acids is 1. The van der Waals surface area contributed by atoms with Crippen LogP contribution in [0.15, 0.2) is 54.6 Å². The van der Waals surface area contributed by atoms with Gasteiger partial charge in [-0.2, -0.15) is 0 Å². The molecule has 0 heterocycles. The lowest BCUT2D eigenvalue weighted by molar-refractivity contribution is 0.104. The highest BCUT2D eigenvalue weighted by atomic mass is 16.5. The number of allylic oxidation sites excluding steroid dienone is 1. The van der Waals surface area contributed by atoms with Crippen molar-refractivity contribution in [1.82, 2.24) is 0 Å². The van der Waals surface area contributed by atoms with Gasteiger partial charge >= 0.3 is 0 Å². The summed E-state index contributed by atoms with van der Waals surface area (Å²) in [5.74, 6) is 1.26. The van der Waals surface area contributed by atoms with Crippen molar-refractivity contribution in [3.8, 4) is 11.5 Å². The molecule has 0 saturated carbocycles. The molecule has 0 fully saturated rings. The van der Waals surface area contributed by atoms with E-state index in [1.54, 1.807) is 31.4 Å². The molecule has 0 aliphatic rings. The molecule has 0 saturated heterocycles. The second-order valence-corrected chi connectivity index (χ2v) is 5.11. The molecule has 0 bridgehead atoms. The molecule has 0 radical (unpaired) electrons. The number of carbonyl (C=O) groups is 1. The smallest absolute Gasteiger partial charge is 0.185 e. The molecule has 2 aromatic carbocycles. The summed E-state index contributed by atoms with van der Waals surface area (Å²) in [6.45, 7) is 3.91. The second-order valence-electron chi connectivity index (χ2n) is 5.11. The number of rotatable bonds is 6. The number of hydrogen-bond donors (Lipinski definition) is 0. The van der Waals surface area contributed by atoms with Crippen LogP contribution in [0.2, 0.25) is 0 Å². The molecule has 0 aromatic heterocycles. The van der Waals surface area contributed by atoms with Crippen molar-refractivity contribution in [2.45, 2.75) is 20.0 Å². The average molecular weight is 296 g/mol. The fraction of sp³-hybridized carbons (Fsp3) is 0.211. The quantitative estimate of drug-likeness (QED) is 0.586.